The van der Waals surface area contributed by atoms with E-state index in [1.54, 1.807) is 6.07 Å². The van der Waals surface area contributed by atoms with E-state index >= 15 is 0 Å². The highest BCUT2D eigenvalue weighted by atomic mass is 35.5. The third-order valence-electron chi connectivity index (χ3n) is 4.25. The lowest BCUT2D eigenvalue weighted by Crippen LogP contribution is -2.49. The smallest absolute Gasteiger partial charge is 0.234 e. The van der Waals surface area contributed by atoms with Gasteiger partial charge in [0.25, 0.3) is 0 Å². The lowest BCUT2D eigenvalue weighted by molar-refractivity contribution is -0.122. The maximum absolute atomic E-state index is 13.2. The van der Waals surface area contributed by atoms with Crippen LogP contribution in [0.1, 0.15) is 5.56 Å². The number of halogens is 2. The first-order valence-corrected chi connectivity index (χ1v) is 8.58. The summed E-state index contributed by atoms with van der Waals surface area (Å²) >= 11 is 6.09. The molecule has 5 nitrogen and oxygen atoms in total. The summed E-state index contributed by atoms with van der Waals surface area (Å²) in [6.45, 7) is 3.78. The third-order valence-corrected chi connectivity index (χ3v) is 4.62. The highest BCUT2D eigenvalue weighted by molar-refractivity contribution is 6.31. The van der Waals surface area contributed by atoms with Gasteiger partial charge in [-0.25, -0.2) is 4.98 Å². The number of carbonyl (C=O) groups excluding carboxylic acids is 1. The van der Waals surface area contributed by atoms with Crippen LogP contribution < -0.4 is 10.2 Å². The number of rotatable bonds is 5. The highest BCUT2D eigenvalue weighted by Crippen LogP contribution is 2.16. The first-order valence-electron chi connectivity index (χ1n) is 8.21. The molecule has 25 heavy (non-hydrogen) atoms. The quantitative estimate of drug-likeness (QED) is 0.829. The summed E-state index contributed by atoms with van der Waals surface area (Å²) in [5.74, 6) is -0.498. The van der Waals surface area contributed by atoms with Crippen LogP contribution in [0.5, 0.6) is 0 Å². The molecule has 0 unspecified atom stereocenters. The molecule has 0 spiro atoms. The maximum Gasteiger partial charge on any atom is 0.234 e. The monoisotopic (exact) mass is 362 g/mol. The van der Waals surface area contributed by atoms with Crippen molar-refractivity contribution in [1.29, 1.82) is 0 Å². The number of nitrogens with one attached hydrogen (secondary N) is 1. The SMILES string of the molecule is O=C(CN1CCN(c2ccnc(F)c2)CC1)NCc1ccccc1Cl. The number of amides is 1. The van der Waals surface area contributed by atoms with Crippen molar-refractivity contribution >= 4 is 23.2 Å². The Morgan fingerprint density at radius 1 is 1.20 bits per heavy atom. The van der Waals surface area contributed by atoms with Crippen LogP contribution in [-0.2, 0) is 11.3 Å². The molecule has 1 aromatic heterocycles. The molecule has 1 amide bonds. The Labute approximate surface area is 151 Å². The molecule has 7 heteroatoms. The second kappa shape index (κ2) is 8.27. The zero-order chi connectivity index (χ0) is 17.6. The van der Waals surface area contributed by atoms with Crippen LogP contribution in [0.25, 0.3) is 0 Å². The van der Waals surface area contributed by atoms with Gasteiger partial charge >= 0.3 is 0 Å². The van der Waals surface area contributed by atoms with Crippen molar-refractivity contribution in [3.63, 3.8) is 0 Å². The van der Waals surface area contributed by atoms with Crippen LogP contribution in [0.3, 0.4) is 0 Å². The fourth-order valence-electron chi connectivity index (χ4n) is 2.85. The Kier molecular flexibility index (Phi) is 5.83. The Hall–Kier alpha value is -2.18. The van der Waals surface area contributed by atoms with Crippen LogP contribution in [-0.4, -0.2) is 48.5 Å². The van der Waals surface area contributed by atoms with Gasteiger partial charge in [-0.05, 0) is 17.7 Å². The molecule has 2 heterocycles. The molecule has 0 aliphatic carbocycles. The second-order valence-corrected chi connectivity index (χ2v) is 6.38. The van der Waals surface area contributed by atoms with E-state index < -0.39 is 5.95 Å². The van der Waals surface area contributed by atoms with Crippen molar-refractivity contribution in [3.8, 4) is 0 Å². The molecule has 1 N–H and O–H groups in total. The largest absolute Gasteiger partial charge is 0.369 e. The molecular formula is C18H20ClFN4O. The highest BCUT2D eigenvalue weighted by Gasteiger charge is 2.19. The van der Waals surface area contributed by atoms with Crippen LogP contribution in [0.4, 0.5) is 10.1 Å². The lowest BCUT2D eigenvalue weighted by Gasteiger charge is -2.35. The Morgan fingerprint density at radius 3 is 2.68 bits per heavy atom. The number of hydrogen-bond acceptors (Lipinski definition) is 4. The number of hydrogen-bond donors (Lipinski definition) is 1. The predicted molar refractivity (Wildman–Crippen MR) is 96.1 cm³/mol. The first-order chi connectivity index (χ1) is 12.1. The minimum Gasteiger partial charge on any atom is -0.369 e. The summed E-state index contributed by atoms with van der Waals surface area (Å²) in [7, 11) is 0. The number of piperazine rings is 1. The Morgan fingerprint density at radius 2 is 1.96 bits per heavy atom. The van der Waals surface area contributed by atoms with Crippen LogP contribution in [0.2, 0.25) is 5.02 Å². The normalized spacial score (nSPS) is 15.2. The van der Waals surface area contributed by atoms with Gasteiger partial charge in [0.15, 0.2) is 0 Å². The van der Waals surface area contributed by atoms with E-state index in [1.165, 1.54) is 12.3 Å². The van der Waals surface area contributed by atoms with Gasteiger partial charge in [0.1, 0.15) is 0 Å². The van der Waals surface area contributed by atoms with E-state index in [2.05, 4.69) is 20.1 Å². The standard InChI is InChI=1S/C18H20ClFN4O/c19-16-4-2-1-3-14(16)12-22-18(25)13-23-7-9-24(10-8-23)15-5-6-21-17(20)11-15/h1-6,11H,7-10,12-13H2,(H,22,25). The first kappa shape index (κ1) is 17.6. The maximum atomic E-state index is 13.2. The van der Waals surface area contributed by atoms with Crippen molar-refractivity contribution in [2.24, 2.45) is 0 Å². The Balaban J connectivity index is 1.44. The van der Waals surface area contributed by atoms with Gasteiger partial charge in [-0.2, -0.15) is 4.39 Å². The van der Waals surface area contributed by atoms with Crippen molar-refractivity contribution in [3.05, 3.63) is 59.1 Å². The molecule has 0 saturated carbocycles. The fourth-order valence-corrected chi connectivity index (χ4v) is 3.05. The summed E-state index contributed by atoms with van der Waals surface area (Å²) in [5, 5.41) is 3.55. The fraction of sp³-hybridized carbons (Fsp3) is 0.333. The zero-order valence-electron chi connectivity index (χ0n) is 13.8. The number of anilines is 1. The van der Waals surface area contributed by atoms with Crippen LogP contribution >= 0.6 is 11.6 Å². The molecule has 3 rings (SSSR count). The van der Waals surface area contributed by atoms with E-state index in [4.69, 9.17) is 11.6 Å². The van der Waals surface area contributed by atoms with Gasteiger partial charge < -0.3 is 10.2 Å². The molecule has 2 aromatic rings. The molecule has 0 radical (unpaired) electrons. The molecule has 1 aliphatic rings. The minimum absolute atomic E-state index is 0.0247. The summed E-state index contributed by atoms with van der Waals surface area (Å²) in [4.78, 5) is 19.9. The number of nitrogens with zero attached hydrogens (tertiary/aromatic N) is 3. The Bertz CT molecular complexity index is 735. The number of pyridine rings is 1. The van der Waals surface area contributed by atoms with Crippen molar-refractivity contribution < 1.29 is 9.18 Å². The molecule has 1 fully saturated rings. The van der Waals surface area contributed by atoms with Gasteiger partial charge in [0.2, 0.25) is 11.9 Å². The second-order valence-electron chi connectivity index (χ2n) is 5.97. The number of aromatic nitrogens is 1. The molecule has 1 aromatic carbocycles. The summed E-state index contributed by atoms with van der Waals surface area (Å²) in [5.41, 5.74) is 1.73. The van der Waals surface area contributed by atoms with Crippen molar-refractivity contribution in [1.82, 2.24) is 15.2 Å². The predicted octanol–water partition coefficient (Wildman–Crippen LogP) is 2.31. The third kappa shape index (κ3) is 4.90. The van der Waals surface area contributed by atoms with Gasteiger partial charge in [-0.1, -0.05) is 29.8 Å². The van der Waals surface area contributed by atoms with Gasteiger partial charge in [-0.15, -0.1) is 0 Å². The van der Waals surface area contributed by atoms with Crippen LogP contribution in [0, 0.1) is 5.95 Å². The average Bonchev–Trinajstić information content (AvgIpc) is 2.62. The van der Waals surface area contributed by atoms with E-state index in [1.807, 2.05) is 24.3 Å². The molecule has 0 atom stereocenters. The topological polar surface area (TPSA) is 48.5 Å². The van der Waals surface area contributed by atoms with E-state index in [0.29, 0.717) is 18.1 Å². The lowest BCUT2D eigenvalue weighted by atomic mass is 10.2. The van der Waals surface area contributed by atoms with Crippen molar-refractivity contribution in [2.75, 3.05) is 37.6 Å². The van der Waals surface area contributed by atoms with E-state index in [0.717, 1.165) is 37.4 Å². The summed E-state index contributed by atoms with van der Waals surface area (Å²) in [6, 6.07) is 10.7. The zero-order valence-corrected chi connectivity index (χ0v) is 14.5. The summed E-state index contributed by atoms with van der Waals surface area (Å²) in [6.07, 6.45) is 1.47. The van der Waals surface area contributed by atoms with Crippen molar-refractivity contribution in [2.45, 2.75) is 6.54 Å². The molecule has 132 valence electrons. The minimum atomic E-state index is -0.473. The van der Waals surface area contributed by atoms with E-state index in [-0.39, 0.29) is 5.91 Å². The number of benzene rings is 1. The van der Waals surface area contributed by atoms with Gasteiger partial charge in [-0.3, -0.25) is 9.69 Å². The molecule has 1 saturated heterocycles. The average molecular weight is 363 g/mol. The van der Waals surface area contributed by atoms with Gasteiger partial charge in [0, 0.05) is 55.7 Å². The van der Waals surface area contributed by atoms with Gasteiger partial charge in [0.05, 0.1) is 6.54 Å². The van der Waals surface area contributed by atoms with E-state index in [9.17, 15) is 9.18 Å². The molecule has 1 aliphatic heterocycles. The molecular weight excluding hydrogens is 343 g/mol. The number of carbonyl (C=O) groups is 1. The van der Waals surface area contributed by atoms with Crippen LogP contribution in [0.15, 0.2) is 42.6 Å². The summed E-state index contributed by atoms with van der Waals surface area (Å²) < 4.78 is 13.2. The molecule has 0 bridgehead atoms.